The predicted octanol–water partition coefficient (Wildman–Crippen LogP) is 4.74. The number of thiazole rings is 1. The van der Waals surface area contributed by atoms with Crippen LogP contribution in [0.5, 0.6) is 0 Å². The maximum atomic E-state index is 4.73. The summed E-state index contributed by atoms with van der Waals surface area (Å²) in [5, 5.41) is 9.97. The maximum Gasteiger partial charge on any atom is 0.191 e. The fourth-order valence-electron chi connectivity index (χ4n) is 3.29. The zero-order valence-corrected chi connectivity index (χ0v) is 20.9. The first-order valence-electron chi connectivity index (χ1n) is 10.4. The minimum atomic E-state index is 0. The zero-order valence-electron chi connectivity index (χ0n) is 17.8. The van der Waals surface area contributed by atoms with Crippen molar-refractivity contribution < 1.29 is 0 Å². The van der Waals surface area contributed by atoms with Crippen LogP contribution in [-0.4, -0.2) is 35.5 Å². The van der Waals surface area contributed by atoms with Crippen molar-refractivity contribution in [3.05, 3.63) is 51.5 Å². The van der Waals surface area contributed by atoms with Gasteiger partial charge in [0.25, 0.3) is 0 Å². The Morgan fingerprint density at radius 2 is 1.83 bits per heavy atom. The molecule has 2 heterocycles. The molecule has 0 aliphatic carbocycles. The summed E-state index contributed by atoms with van der Waals surface area (Å²) in [4.78, 5) is 11.9. The fraction of sp³-hybridized carbons (Fsp3) is 0.545. The lowest BCUT2D eigenvalue weighted by atomic mass is 10.1. The Bertz CT molecular complexity index is 751. The van der Waals surface area contributed by atoms with E-state index in [1.807, 2.05) is 0 Å². The molecule has 0 amide bonds. The minimum absolute atomic E-state index is 0. The Hall–Kier alpha value is -1.19. The summed E-state index contributed by atoms with van der Waals surface area (Å²) in [6, 6.07) is 8.89. The van der Waals surface area contributed by atoms with Crippen LogP contribution in [0.25, 0.3) is 0 Å². The molecule has 1 fully saturated rings. The molecule has 1 aliphatic rings. The molecule has 1 aromatic heterocycles. The molecule has 7 heteroatoms. The molecular weight excluding hydrogens is 493 g/mol. The van der Waals surface area contributed by atoms with Crippen LogP contribution in [0.3, 0.4) is 0 Å². The van der Waals surface area contributed by atoms with Crippen LogP contribution in [0, 0.1) is 0 Å². The van der Waals surface area contributed by atoms with Crippen molar-refractivity contribution >= 4 is 41.3 Å². The molecule has 0 bridgehead atoms. The summed E-state index contributed by atoms with van der Waals surface area (Å²) in [5.74, 6) is 1.31. The zero-order chi connectivity index (χ0) is 19.8. The van der Waals surface area contributed by atoms with Gasteiger partial charge < -0.3 is 10.6 Å². The highest BCUT2D eigenvalue weighted by atomic mass is 127. The van der Waals surface area contributed by atoms with E-state index >= 15 is 0 Å². The second kappa shape index (κ2) is 12.5. The number of benzene rings is 1. The number of aliphatic imine (C=N–C) groups is 1. The highest BCUT2D eigenvalue weighted by Gasteiger charge is 2.11. The molecule has 2 N–H and O–H groups in total. The molecule has 0 radical (unpaired) electrons. The minimum Gasteiger partial charge on any atom is -0.357 e. The van der Waals surface area contributed by atoms with Crippen LogP contribution < -0.4 is 10.6 Å². The normalized spacial score (nSPS) is 14.8. The van der Waals surface area contributed by atoms with Crippen molar-refractivity contribution in [1.82, 2.24) is 20.5 Å². The van der Waals surface area contributed by atoms with Crippen molar-refractivity contribution in [3.63, 3.8) is 0 Å². The second-order valence-corrected chi connectivity index (χ2v) is 8.61. The molecule has 1 aromatic carbocycles. The molecule has 0 spiro atoms. The highest BCUT2D eigenvalue weighted by Crippen LogP contribution is 2.17. The number of nitrogens with zero attached hydrogens (tertiary/aromatic N) is 3. The molecule has 29 heavy (non-hydrogen) atoms. The number of guanidine groups is 1. The largest absolute Gasteiger partial charge is 0.357 e. The SMILES string of the molecule is CCNC(=NCc1ccc(CN2CCCC2)cc1)NCc1nc(C(C)C)cs1.I. The molecule has 2 aromatic rings. The van der Waals surface area contributed by atoms with E-state index in [9.17, 15) is 0 Å². The van der Waals surface area contributed by atoms with Crippen LogP contribution >= 0.6 is 35.3 Å². The molecule has 160 valence electrons. The van der Waals surface area contributed by atoms with Crippen LogP contribution in [-0.2, 0) is 19.6 Å². The number of rotatable bonds is 8. The number of hydrogen-bond donors (Lipinski definition) is 2. The van der Waals surface area contributed by atoms with E-state index in [1.54, 1.807) is 11.3 Å². The van der Waals surface area contributed by atoms with Crippen LogP contribution in [0.1, 0.15) is 61.4 Å². The Kier molecular flexibility index (Phi) is 10.4. The van der Waals surface area contributed by atoms with Crippen molar-refractivity contribution in [2.24, 2.45) is 4.99 Å². The van der Waals surface area contributed by atoms with Gasteiger partial charge in [-0.25, -0.2) is 9.98 Å². The van der Waals surface area contributed by atoms with Gasteiger partial charge in [0.1, 0.15) is 5.01 Å². The van der Waals surface area contributed by atoms with Crippen molar-refractivity contribution in [2.75, 3.05) is 19.6 Å². The van der Waals surface area contributed by atoms with Gasteiger partial charge in [0.2, 0.25) is 0 Å². The summed E-state index contributed by atoms with van der Waals surface area (Å²) in [5.41, 5.74) is 3.79. The molecule has 1 aliphatic heterocycles. The van der Waals surface area contributed by atoms with E-state index in [-0.39, 0.29) is 24.0 Å². The van der Waals surface area contributed by atoms with Gasteiger partial charge >= 0.3 is 0 Å². The molecule has 1 saturated heterocycles. The average molecular weight is 528 g/mol. The first kappa shape index (κ1) is 24.1. The molecule has 0 unspecified atom stereocenters. The van der Waals surface area contributed by atoms with Gasteiger partial charge in [-0.1, -0.05) is 38.1 Å². The van der Waals surface area contributed by atoms with E-state index in [0.29, 0.717) is 19.0 Å². The van der Waals surface area contributed by atoms with Gasteiger partial charge in [-0.05, 0) is 49.9 Å². The van der Waals surface area contributed by atoms with E-state index in [0.717, 1.165) is 29.8 Å². The van der Waals surface area contributed by atoms with Crippen molar-refractivity contribution in [3.8, 4) is 0 Å². The summed E-state index contributed by atoms with van der Waals surface area (Å²) < 4.78 is 0. The summed E-state index contributed by atoms with van der Waals surface area (Å²) >= 11 is 1.71. The summed E-state index contributed by atoms with van der Waals surface area (Å²) in [6.07, 6.45) is 2.68. The van der Waals surface area contributed by atoms with Gasteiger partial charge in [-0.3, -0.25) is 4.90 Å². The monoisotopic (exact) mass is 527 g/mol. The van der Waals surface area contributed by atoms with Crippen LogP contribution in [0.2, 0.25) is 0 Å². The Balaban J connectivity index is 0.00000300. The second-order valence-electron chi connectivity index (χ2n) is 7.67. The van der Waals surface area contributed by atoms with E-state index in [1.165, 1.54) is 37.1 Å². The number of likely N-dealkylation sites (tertiary alicyclic amines) is 1. The van der Waals surface area contributed by atoms with Gasteiger partial charge in [-0.15, -0.1) is 35.3 Å². The molecule has 3 rings (SSSR count). The Morgan fingerprint density at radius 1 is 1.14 bits per heavy atom. The fourth-order valence-corrected chi connectivity index (χ4v) is 4.19. The lowest BCUT2D eigenvalue weighted by Crippen LogP contribution is -2.36. The van der Waals surface area contributed by atoms with Gasteiger partial charge in [0.05, 0.1) is 18.8 Å². The third kappa shape index (κ3) is 7.86. The lowest BCUT2D eigenvalue weighted by Gasteiger charge is -2.14. The number of hydrogen-bond acceptors (Lipinski definition) is 4. The topological polar surface area (TPSA) is 52.6 Å². The van der Waals surface area contributed by atoms with Crippen LogP contribution in [0.15, 0.2) is 34.6 Å². The van der Waals surface area contributed by atoms with Crippen LogP contribution in [0.4, 0.5) is 0 Å². The number of nitrogens with one attached hydrogen (secondary N) is 2. The van der Waals surface area contributed by atoms with E-state index in [4.69, 9.17) is 4.99 Å². The Morgan fingerprint density at radius 3 is 2.45 bits per heavy atom. The number of aromatic nitrogens is 1. The third-order valence-corrected chi connectivity index (χ3v) is 5.83. The lowest BCUT2D eigenvalue weighted by molar-refractivity contribution is 0.331. The first-order chi connectivity index (χ1) is 13.6. The van der Waals surface area contributed by atoms with Gasteiger partial charge in [-0.2, -0.15) is 0 Å². The van der Waals surface area contributed by atoms with Gasteiger partial charge in [0, 0.05) is 18.5 Å². The summed E-state index contributed by atoms with van der Waals surface area (Å²) in [7, 11) is 0. The first-order valence-corrected chi connectivity index (χ1v) is 11.3. The quantitative estimate of drug-likeness (QED) is 0.296. The highest BCUT2D eigenvalue weighted by molar-refractivity contribution is 14.0. The molecule has 0 atom stereocenters. The van der Waals surface area contributed by atoms with E-state index < -0.39 is 0 Å². The molecule has 0 saturated carbocycles. The molecule has 5 nitrogen and oxygen atoms in total. The Labute approximate surface area is 196 Å². The van der Waals surface area contributed by atoms with Crippen molar-refractivity contribution in [1.29, 1.82) is 0 Å². The average Bonchev–Trinajstić information content (AvgIpc) is 3.37. The smallest absolute Gasteiger partial charge is 0.191 e. The predicted molar refractivity (Wildman–Crippen MR) is 134 cm³/mol. The standard InChI is InChI=1S/C22H33N5S.HI/c1-4-23-22(25-14-21-26-20(16-28-21)17(2)3)24-13-18-7-9-19(10-8-18)15-27-11-5-6-12-27;/h7-10,16-17H,4-6,11-15H2,1-3H3,(H2,23,24,25);1H. The van der Waals surface area contributed by atoms with E-state index in [2.05, 4.69) is 70.9 Å². The van der Waals surface area contributed by atoms with Gasteiger partial charge in [0.15, 0.2) is 5.96 Å². The maximum absolute atomic E-state index is 4.73. The summed E-state index contributed by atoms with van der Waals surface area (Å²) in [6.45, 7) is 12.2. The molecular formula is C22H34IN5S. The van der Waals surface area contributed by atoms with Crippen molar-refractivity contribution in [2.45, 2.75) is 59.2 Å². The number of halogens is 1. The third-order valence-electron chi connectivity index (χ3n) is 4.96.